The number of hydrogen-bond donors (Lipinski definition) is 0. The first-order chi connectivity index (χ1) is 14.2. The molecular weight excluding hydrogens is 400 g/mol. The maximum Gasteiger partial charge on any atom is 0.264 e. The molecular formula is C23H20N2O2S2. The summed E-state index contributed by atoms with van der Waals surface area (Å²) < 4.78 is 2.26. The minimum atomic E-state index is 0.0716. The van der Waals surface area contributed by atoms with Crippen LogP contribution < -0.4 is 0 Å². The predicted octanol–water partition coefficient (Wildman–Crippen LogP) is 5.10. The van der Waals surface area contributed by atoms with E-state index in [-0.39, 0.29) is 11.8 Å². The fourth-order valence-corrected chi connectivity index (χ4v) is 5.87. The third-order valence-corrected chi connectivity index (χ3v) is 7.55. The standard InChI is InChI=1S/C23H20N2O2S2/c26-22(20-14-16-6-1-3-8-18(16)28-20)24-10-5-11-25(13-12-24)23(27)21-15-17-7-2-4-9-19(17)29-21/h1-4,6-9,14-15H,5,10-13H2. The summed E-state index contributed by atoms with van der Waals surface area (Å²) in [6.45, 7) is 2.51. The number of carbonyl (C=O) groups excluding carboxylic acids is 2. The highest BCUT2D eigenvalue weighted by atomic mass is 32.1. The van der Waals surface area contributed by atoms with Crippen molar-refractivity contribution >= 4 is 54.7 Å². The van der Waals surface area contributed by atoms with E-state index in [9.17, 15) is 9.59 Å². The van der Waals surface area contributed by atoms with E-state index in [4.69, 9.17) is 0 Å². The Kier molecular flexibility index (Phi) is 4.81. The van der Waals surface area contributed by atoms with Gasteiger partial charge in [0.15, 0.2) is 0 Å². The lowest BCUT2D eigenvalue weighted by Gasteiger charge is -2.21. The summed E-state index contributed by atoms with van der Waals surface area (Å²) >= 11 is 3.08. The van der Waals surface area contributed by atoms with Crippen LogP contribution in [-0.2, 0) is 0 Å². The van der Waals surface area contributed by atoms with Gasteiger partial charge in [0, 0.05) is 35.6 Å². The van der Waals surface area contributed by atoms with Crippen LogP contribution in [0.4, 0.5) is 0 Å². The molecule has 1 saturated heterocycles. The van der Waals surface area contributed by atoms with Crippen LogP contribution in [0.2, 0.25) is 0 Å². The highest BCUT2D eigenvalue weighted by molar-refractivity contribution is 7.21. The Balaban J connectivity index is 1.30. The number of benzene rings is 2. The number of fused-ring (bicyclic) bond motifs is 2. The summed E-state index contributed by atoms with van der Waals surface area (Å²) in [7, 11) is 0. The second-order valence-electron chi connectivity index (χ2n) is 7.23. The van der Waals surface area contributed by atoms with Gasteiger partial charge >= 0.3 is 0 Å². The average Bonchev–Trinajstić information content (AvgIpc) is 3.30. The van der Waals surface area contributed by atoms with Gasteiger partial charge in [-0.25, -0.2) is 0 Å². The number of nitrogens with zero attached hydrogens (tertiary/aromatic N) is 2. The number of thiophene rings is 2. The summed E-state index contributed by atoms with van der Waals surface area (Å²) in [6, 6.07) is 20.1. The number of hydrogen-bond acceptors (Lipinski definition) is 4. The third kappa shape index (κ3) is 3.54. The van der Waals surface area contributed by atoms with Crippen molar-refractivity contribution in [3.8, 4) is 0 Å². The van der Waals surface area contributed by atoms with Gasteiger partial charge in [0.05, 0.1) is 9.75 Å². The van der Waals surface area contributed by atoms with E-state index >= 15 is 0 Å². The molecule has 146 valence electrons. The number of rotatable bonds is 2. The van der Waals surface area contributed by atoms with E-state index < -0.39 is 0 Å². The van der Waals surface area contributed by atoms with E-state index in [1.165, 1.54) is 0 Å². The first-order valence-electron chi connectivity index (χ1n) is 9.75. The Morgan fingerprint density at radius 1 is 0.655 bits per heavy atom. The van der Waals surface area contributed by atoms with Crippen LogP contribution in [-0.4, -0.2) is 47.8 Å². The van der Waals surface area contributed by atoms with Crippen LogP contribution in [0.15, 0.2) is 60.7 Å². The molecule has 0 aliphatic carbocycles. The molecule has 4 nitrogen and oxygen atoms in total. The Morgan fingerprint density at radius 3 is 1.55 bits per heavy atom. The Hall–Kier alpha value is -2.70. The molecule has 6 heteroatoms. The van der Waals surface area contributed by atoms with E-state index in [0.29, 0.717) is 26.2 Å². The molecule has 4 aromatic rings. The van der Waals surface area contributed by atoms with Gasteiger partial charge in [-0.2, -0.15) is 0 Å². The molecule has 2 aromatic carbocycles. The molecule has 1 aliphatic rings. The molecule has 29 heavy (non-hydrogen) atoms. The van der Waals surface area contributed by atoms with Crippen LogP contribution in [0.5, 0.6) is 0 Å². The van der Waals surface area contributed by atoms with Crippen molar-refractivity contribution in [2.75, 3.05) is 26.2 Å². The van der Waals surface area contributed by atoms with Gasteiger partial charge in [-0.3, -0.25) is 9.59 Å². The second-order valence-corrected chi connectivity index (χ2v) is 9.40. The van der Waals surface area contributed by atoms with Crippen LogP contribution in [0.1, 0.15) is 25.8 Å². The molecule has 2 amide bonds. The van der Waals surface area contributed by atoms with E-state index in [1.807, 2.05) is 70.5 Å². The van der Waals surface area contributed by atoms with Gasteiger partial charge in [-0.1, -0.05) is 36.4 Å². The first-order valence-corrected chi connectivity index (χ1v) is 11.4. The van der Waals surface area contributed by atoms with Crippen molar-refractivity contribution in [1.82, 2.24) is 9.80 Å². The lowest BCUT2D eigenvalue weighted by molar-refractivity contribution is 0.0723. The zero-order chi connectivity index (χ0) is 19.8. The van der Waals surface area contributed by atoms with Crippen LogP contribution in [0.3, 0.4) is 0 Å². The Labute approximate surface area is 177 Å². The summed E-state index contributed by atoms with van der Waals surface area (Å²) in [5, 5.41) is 2.22. The minimum absolute atomic E-state index is 0.0716. The van der Waals surface area contributed by atoms with Gasteiger partial charge in [0.25, 0.3) is 11.8 Å². The molecule has 5 rings (SSSR count). The summed E-state index contributed by atoms with van der Waals surface area (Å²) in [5.74, 6) is 0.143. The molecule has 0 spiro atoms. The fraction of sp³-hybridized carbons (Fsp3) is 0.217. The summed E-state index contributed by atoms with van der Waals surface area (Å²) in [6.07, 6.45) is 0.799. The van der Waals surface area contributed by atoms with Crippen molar-refractivity contribution in [3.63, 3.8) is 0 Å². The smallest absolute Gasteiger partial charge is 0.264 e. The highest BCUT2D eigenvalue weighted by Gasteiger charge is 2.25. The van der Waals surface area contributed by atoms with Gasteiger partial charge < -0.3 is 9.80 Å². The normalized spacial score (nSPS) is 15.0. The Bertz CT molecular complexity index is 1050. The Morgan fingerprint density at radius 2 is 1.10 bits per heavy atom. The highest BCUT2D eigenvalue weighted by Crippen LogP contribution is 2.28. The topological polar surface area (TPSA) is 40.6 Å². The second kappa shape index (κ2) is 7.61. The van der Waals surface area contributed by atoms with Crippen molar-refractivity contribution in [2.45, 2.75) is 6.42 Å². The van der Waals surface area contributed by atoms with Gasteiger partial charge in [0.2, 0.25) is 0 Å². The molecule has 0 radical (unpaired) electrons. The predicted molar refractivity (Wildman–Crippen MR) is 120 cm³/mol. The number of carbonyl (C=O) groups is 2. The fourth-order valence-electron chi connectivity index (χ4n) is 3.81. The molecule has 0 N–H and O–H groups in total. The molecule has 0 atom stereocenters. The quantitative estimate of drug-likeness (QED) is 0.452. The van der Waals surface area contributed by atoms with Gasteiger partial charge in [-0.05, 0) is 41.5 Å². The molecule has 0 saturated carbocycles. The molecule has 3 heterocycles. The lowest BCUT2D eigenvalue weighted by atomic mass is 10.2. The van der Waals surface area contributed by atoms with Crippen LogP contribution in [0, 0.1) is 0 Å². The zero-order valence-corrected chi connectivity index (χ0v) is 17.5. The minimum Gasteiger partial charge on any atom is -0.336 e. The third-order valence-electron chi connectivity index (χ3n) is 5.34. The van der Waals surface area contributed by atoms with E-state index in [0.717, 1.165) is 36.3 Å². The molecule has 2 aromatic heterocycles. The van der Waals surface area contributed by atoms with Gasteiger partial charge in [-0.15, -0.1) is 22.7 Å². The number of amides is 2. The maximum atomic E-state index is 13.0. The zero-order valence-electron chi connectivity index (χ0n) is 15.8. The molecule has 0 bridgehead atoms. The van der Waals surface area contributed by atoms with Gasteiger partial charge in [0.1, 0.15) is 0 Å². The lowest BCUT2D eigenvalue weighted by Crippen LogP contribution is -2.36. The van der Waals surface area contributed by atoms with Crippen LogP contribution in [0.25, 0.3) is 20.2 Å². The van der Waals surface area contributed by atoms with E-state index in [1.54, 1.807) is 22.7 Å². The van der Waals surface area contributed by atoms with Crippen molar-refractivity contribution < 1.29 is 9.59 Å². The molecule has 1 fully saturated rings. The summed E-state index contributed by atoms with van der Waals surface area (Å²) in [4.78, 5) is 31.4. The van der Waals surface area contributed by atoms with E-state index in [2.05, 4.69) is 0 Å². The van der Waals surface area contributed by atoms with Crippen LogP contribution >= 0.6 is 22.7 Å². The SMILES string of the molecule is O=C(c1cc2ccccc2s1)N1CCCN(C(=O)c2cc3ccccc3s2)CC1. The molecule has 1 aliphatic heterocycles. The average molecular weight is 421 g/mol. The van der Waals surface area contributed by atoms with Crippen molar-refractivity contribution in [1.29, 1.82) is 0 Å². The summed E-state index contributed by atoms with van der Waals surface area (Å²) in [5.41, 5.74) is 0. The largest absolute Gasteiger partial charge is 0.336 e. The van der Waals surface area contributed by atoms with Crippen molar-refractivity contribution in [3.05, 3.63) is 70.4 Å². The van der Waals surface area contributed by atoms with Crippen molar-refractivity contribution in [2.24, 2.45) is 0 Å². The molecule has 0 unspecified atom stereocenters. The maximum absolute atomic E-state index is 13.0. The first kappa shape index (κ1) is 18.3. The monoisotopic (exact) mass is 420 g/mol.